The van der Waals surface area contributed by atoms with Crippen LogP contribution in [0.25, 0.3) is 0 Å². The summed E-state index contributed by atoms with van der Waals surface area (Å²) in [6.07, 6.45) is 3.52. The molecule has 4 nitrogen and oxygen atoms in total. The lowest BCUT2D eigenvalue weighted by Crippen LogP contribution is -2.52. The van der Waals surface area contributed by atoms with Gasteiger partial charge in [0.2, 0.25) is 5.91 Å². The monoisotopic (exact) mass is 329 g/mol. The van der Waals surface area contributed by atoms with Crippen LogP contribution >= 0.6 is 12.4 Å². The second kappa shape index (κ2) is 8.96. The largest absolute Gasteiger partial charge is 0.369 e. The van der Waals surface area contributed by atoms with Crippen LogP contribution in [0.3, 0.4) is 0 Å². The molecule has 2 rings (SSSR count). The van der Waals surface area contributed by atoms with Gasteiger partial charge in [-0.3, -0.25) is 4.79 Å². The van der Waals surface area contributed by atoms with Gasteiger partial charge in [0, 0.05) is 24.8 Å². The molecule has 1 aliphatic rings. The molecule has 0 saturated carbocycles. The lowest BCUT2D eigenvalue weighted by atomic mass is 10.0. The number of hydrogen-bond acceptors (Lipinski definition) is 3. The first-order chi connectivity index (χ1) is 10.1. The average molecular weight is 330 g/mol. The highest BCUT2D eigenvalue weighted by molar-refractivity contribution is 5.85. The van der Waals surface area contributed by atoms with Gasteiger partial charge < -0.3 is 16.0 Å². The van der Waals surface area contributed by atoms with E-state index in [1.165, 1.54) is 12.1 Å². The van der Waals surface area contributed by atoms with Crippen molar-refractivity contribution in [1.82, 2.24) is 5.32 Å². The van der Waals surface area contributed by atoms with Gasteiger partial charge in [-0.25, -0.2) is 4.39 Å². The molecule has 6 heteroatoms. The van der Waals surface area contributed by atoms with E-state index in [0.717, 1.165) is 31.5 Å². The summed E-state index contributed by atoms with van der Waals surface area (Å²) in [4.78, 5) is 14.1. The Morgan fingerprint density at radius 2 is 2.32 bits per heavy atom. The molecule has 0 aromatic heterocycles. The molecule has 2 atom stereocenters. The molecular formula is C16H25ClFN3O. The van der Waals surface area contributed by atoms with Crippen molar-refractivity contribution >= 4 is 24.0 Å². The van der Waals surface area contributed by atoms with Crippen molar-refractivity contribution < 1.29 is 9.18 Å². The molecule has 1 heterocycles. The molecule has 0 spiro atoms. The van der Waals surface area contributed by atoms with E-state index in [2.05, 4.69) is 10.2 Å². The van der Waals surface area contributed by atoms with Crippen molar-refractivity contribution in [2.75, 3.05) is 18.0 Å². The number of piperidine rings is 1. The second-order valence-electron chi connectivity index (χ2n) is 5.67. The molecule has 1 amide bonds. The quantitative estimate of drug-likeness (QED) is 0.872. The van der Waals surface area contributed by atoms with Gasteiger partial charge in [0.15, 0.2) is 0 Å². The third kappa shape index (κ3) is 5.14. The third-order valence-corrected chi connectivity index (χ3v) is 3.88. The van der Waals surface area contributed by atoms with Crippen LogP contribution in [-0.4, -0.2) is 31.1 Å². The smallest absolute Gasteiger partial charge is 0.237 e. The molecule has 22 heavy (non-hydrogen) atoms. The predicted octanol–water partition coefficient (Wildman–Crippen LogP) is 2.46. The molecule has 124 valence electrons. The van der Waals surface area contributed by atoms with Crippen LogP contribution in [0.5, 0.6) is 0 Å². The standard InChI is InChI=1S/C16H24FN3O.ClH/c1-2-5-15(18)16(21)19-13-7-4-9-20(11-13)14-8-3-6-12(17)10-14;/h3,6,8,10,13,15H,2,4-5,7,9,11,18H2,1H3,(H,19,21);1H. The van der Waals surface area contributed by atoms with E-state index in [9.17, 15) is 9.18 Å². The minimum atomic E-state index is -0.431. The summed E-state index contributed by atoms with van der Waals surface area (Å²) in [7, 11) is 0. The summed E-state index contributed by atoms with van der Waals surface area (Å²) in [6, 6.07) is 6.24. The summed E-state index contributed by atoms with van der Waals surface area (Å²) in [5.74, 6) is -0.313. The number of nitrogens with one attached hydrogen (secondary N) is 1. The van der Waals surface area contributed by atoms with Crippen molar-refractivity contribution in [2.24, 2.45) is 5.73 Å². The SMILES string of the molecule is CCCC(N)C(=O)NC1CCCN(c2cccc(F)c2)C1.Cl. The first kappa shape index (κ1) is 18.7. The number of amides is 1. The summed E-state index contributed by atoms with van der Waals surface area (Å²) >= 11 is 0. The van der Waals surface area contributed by atoms with Crippen molar-refractivity contribution in [1.29, 1.82) is 0 Å². The van der Waals surface area contributed by atoms with Gasteiger partial charge in [-0.05, 0) is 37.5 Å². The first-order valence-corrected chi connectivity index (χ1v) is 7.66. The molecular weight excluding hydrogens is 305 g/mol. The summed E-state index contributed by atoms with van der Waals surface area (Å²) < 4.78 is 13.3. The molecule has 3 N–H and O–H groups in total. The van der Waals surface area contributed by atoms with Crippen LogP contribution in [0.15, 0.2) is 24.3 Å². The number of nitrogens with two attached hydrogens (primary N) is 1. The molecule has 0 aliphatic carbocycles. The highest BCUT2D eigenvalue weighted by Gasteiger charge is 2.23. The fourth-order valence-corrected chi connectivity index (χ4v) is 2.75. The lowest BCUT2D eigenvalue weighted by Gasteiger charge is -2.35. The number of carbonyl (C=O) groups excluding carboxylic acids is 1. The zero-order chi connectivity index (χ0) is 15.2. The number of benzene rings is 1. The number of anilines is 1. The molecule has 1 aromatic carbocycles. The molecule has 0 radical (unpaired) electrons. The van der Waals surface area contributed by atoms with Crippen molar-refractivity contribution in [3.63, 3.8) is 0 Å². The van der Waals surface area contributed by atoms with E-state index in [-0.39, 0.29) is 30.2 Å². The Kier molecular flexibility index (Phi) is 7.62. The van der Waals surface area contributed by atoms with E-state index < -0.39 is 6.04 Å². The molecule has 1 aromatic rings. The van der Waals surface area contributed by atoms with Gasteiger partial charge in [0.25, 0.3) is 0 Å². The third-order valence-electron chi connectivity index (χ3n) is 3.88. The number of carbonyl (C=O) groups is 1. The van der Waals surface area contributed by atoms with Gasteiger partial charge in [0.05, 0.1) is 6.04 Å². The molecule has 2 unspecified atom stereocenters. The van der Waals surface area contributed by atoms with Crippen molar-refractivity contribution in [3.8, 4) is 0 Å². The number of rotatable bonds is 5. The van der Waals surface area contributed by atoms with Crippen LogP contribution < -0.4 is 16.0 Å². The minimum absolute atomic E-state index is 0. The van der Waals surface area contributed by atoms with Crippen molar-refractivity contribution in [3.05, 3.63) is 30.1 Å². The Hall–Kier alpha value is -1.33. The second-order valence-corrected chi connectivity index (χ2v) is 5.67. The Balaban J connectivity index is 0.00000242. The molecule has 0 bridgehead atoms. The molecule has 1 fully saturated rings. The van der Waals surface area contributed by atoms with E-state index in [1.54, 1.807) is 6.07 Å². The Morgan fingerprint density at radius 1 is 1.55 bits per heavy atom. The van der Waals surface area contributed by atoms with E-state index in [0.29, 0.717) is 13.0 Å². The van der Waals surface area contributed by atoms with Crippen LogP contribution in [0.4, 0.5) is 10.1 Å². The fraction of sp³-hybridized carbons (Fsp3) is 0.562. The highest BCUT2D eigenvalue weighted by atomic mass is 35.5. The summed E-state index contributed by atoms with van der Waals surface area (Å²) in [5, 5.41) is 3.02. The molecule has 1 saturated heterocycles. The maximum absolute atomic E-state index is 13.3. The fourth-order valence-electron chi connectivity index (χ4n) is 2.75. The molecule has 1 aliphatic heterocycles. The minimum Gasteiger partial charge on any atom is -0.369 e. The predicted molar refractivity (Wildman–Crippen MR) is 89.9 cm³/mol. The van der Waals surface area contributed by atoms with Gasteiger partial charge >= 0.3 is 0 Å². The maximum atomic E-state index is 13.3. The summed E-state index contributed by atoms with van der Waals surface area (Å²) in [6.45, 7) is 3.60. The van der Waals surface area contributed by atoms with Gasteiger partial charge in [-0.15, -0.1) is 12.4 Å². The number of nitrogens with zero attached hydrogens (tertiary/aromatic N) is 1. The topological polar surface area (TPSA) is 58.4 Å². The Labute approximate surface area is 137 Å². The van der Waals surface area contributed by atoms with Crippen LogP contribution in [0.2, 0.25) is 0 Å². The average Bonchev–Trinajstić information content (AvgIpc) is 2.48. The normalized spacial score (nSPS) is 19.2. The van der Waals surface area contributed by atoms with E-state index >= 15 is 0 Å². The zero-order valence-corrected chi connectivity index (χ0v) is 13.7. The van der Waals surface area contributed by atoms with E-state index in [1.807, 2.05) is 13.0 Å². The Morgan fingerprint density at radius 3 is 3.00 bits per heavy atom. The lowest BCUT2D eigenvalue weighted by molar-refractivity contribution is -0.123. The number of halogens is 2. The van der Waals surface area contributed by atoms with Crippen LogP contribution in [0, 0.1) is 5.82 Å². The number of hydrogen-bond donors (Lipinski definition) is 2. The van der Waals surface area contributed by atoms with Crippen LogP contribution in [-0.2, 0) is 4.79 Å². The van der Waals surface area contributed by atoms with Gasteiger partial charge in [-0.1, -0.05) is 19.4 Å². The van der Waals surface area contributed by atoms with Crippen molar-refractivity contribution in [2.45, 2.75) is 44.7 Å². The van der Waals surface area contributed by atoms with Crippen LogP contribution in [0.1, 0.15) is 32.6 Å². The maximum Gasteiger partial charge on any atom is 0.237 e. The zero-order valence-electron chi connectivity index (χ0n) is 12.9. The van der Waals surface area contributed by atoms with E-state index in [4.69, 9.17) is 5.73 Å². The van der Waals surface area contributed by atoms with Gasteiger partial charge in [-0.2, -0.15) is 0 Å². The summed E-state index contributed by atoms with van der Waals surface area (Å²) in [5.41, 5.74) is 6.70. The first-order valence-electron chi connectivity index (χ1n) is 7.66. The van der Waals surface area contributed by atoms with Gasteiger partial charge in [0.1, 0.15) is 5.82 Å². The highest BCUT2D eigenvalue weighted by Crippen LogP contribution is 2.20. The Bertz CT molecular complexity index is 486.